The summed E-state index contributed by atoms with van der Waals surface area (Å²) in [6, 6.07) is 13.6. The number of halogens is 1. The number of aliphatic imine (C=N–C) groups is 1. The number of nitrogens with one attached hydrogen (secondary N) is 2. The van der Waals surface area contributed by atoms with Gasteiger partial charge in [-0.3, -0.25) is 9.79 Å². The quantitative estimate of drug-likeness (QED) is 0.485. The minimum atomic E-state index is -0.331. The van der Waals surface area contributed by atoms with E-state index in [1.54, 1.807) is 33.3 Å². The van der Waals surface area contributed by atoms with Crippen molar-refractivity contribution >= 4 is 11.9 Å². The fraction of sp³-hybridized carbons (Fsp3) is 0.364. The van der Waals surface area contributed by atoms with Crippen molar-refractivity contribution in [3.63, 3.8) is 0 Å². The second-order valence-corrected chi connectivity index (χ2v) is 6.92. The highest BCUT2D eigenvalue weighted by Crippen LogP contribution is 2.14. The fourth-order valence-electron chi connectivity index (χ4n) is 2.48. The highest BCUT2D eigenvalue weighted by atomic mass is 19.1. The lowest BCUT2D eigenvalue weighted by molar-refractivity contribution is -0.130. The smallest absolute Gasteiger partial charge is 0.259 e. The van der Waals surface area contributed by atoms with Crippen LogP contribution in [0.2, 0.25) is 0 Å². The topological polar surface area (TPSA) is 75.2 Å². The predicted octanol–water partition coefficient (Wildman–Crippen LogP) is 2.43. The molecule has 162 valence electrons. The van der Waals surface area contributed by atoms with Gasteiger partial charge in [-0.25, -0.2) is 4.39 Å². The summed E-state index contributed by atoms with van der Waals surface area (Å²) in [5, 5.41) is 6.40. The molecule has 2 N–H and O–H groups in total. The maximum absolute atomic E-state index is 13.2. The molecule has 2 aromatic carbocycles. The Balaban J connectivity index is 1.79. The van der Waals surface area contributed by atoms with Gasteiger partial charge in [0, 0.05) is 33.8 Å². The maximum atomic E-state index is 13.2. The van der Waals surface area contributed by atoms with Gasteiger partial charge in [0.25, 0.3) is 5.91 Å². The van der Waals surface area contributed by atoms with Crippen LogP contribution >= 0.6 is 0 Å². The van der Waals surface area contributed by atoms with Gasteiger partial charge >= 0.3 is 0 Å². The largest absolute Gasteiger partial charge is 0.489 e. The van der Waals surface area contributed by atoms with E-state index in [-0.39, 0.29) is 24.4 Å². The number of benzene rings is 2. The van der Waals surface area contributed by atoms with Crippen molar-refractivity contribution in [1.29, 1.82) is 0 Å². The molecule has 0 aliphatic rings. The summed E-state index contributed by atoms with van der Waals surface area (Å²) in [6.45, 7) is 2.90. The molecule has 1 unspecified atom stereocenters. The molecule has 2 aromatic rings. The number of rotatable bonds is 9. The van der Waals surface area contributed by atoms with E-state index in [9.17, 15) is 9.18 Å². The molecule has 0 spiro atoms. The van der Waals surface area contributed by atoms with Gasteiger partial charge in [0.15, 0.2) is 12.6 Å². The van der Waals surface area contributed by atoms with Gasteiger partial charge in [-0.15, -0.1) is 0 Å². The number of ether oxygens (including phenoxy) is 2. The van der Waals surface area contributed by atoms with Crippen molar-refractivity contribution in [2.24, 2.45) is 4.99 Å². The maximum Gasteiger partial charge on any atom is 0.259 e. The van der Waals surface area contributed by atoms with Crippen LogP contribution < -0.4 is 20.1 Å². The molecule has 7 nitrogen and oxygen atoms in total. The number of carbonyl (C=O) groups is 1. The minimum Gasteiger partial charge on any atom is -0.489 e. The minimum absolute atomic E-state index is 0.00366. The Morgan fingerprint density at radius 3 is 2.57 bits per heavy atom. The summed E-state index contributed by atoms with van der Waals surface area (Å²) >= 11 is 0. The Morgan fingerprint density at radius 2 is 1.87 bits per heavy atom. The summed E-state index contributed by atoms with van der Waals surface area (Å²) in [6.07, 6.45) is -0.184. The Bertz CT molecular complexity index is 858. The summed E-state index contributed by atoms with van der Waals surface area (Å²) in [5.74, 6) is 1.29. The zero-order chi connectivity index (χ0) is 21.9. The lowest BCUT2D eigenvalue weighted by atomic mass is 10.2. The Labute approximate surface area is 176 Å². The van der Waals surface area contributed by atoms with E-state index >= 15 is 0 Å². The molecule has 0 aliphatic carbocycles. The van der Waals surface area contributed by atoms with Crippen LogP contribution in [-0.2, 0) is 11.3 Å². The van der Waals surface area contributed by atoms with Crippen LogP contribution in [0.4, 0.5) is 4.39 Å². The third-order valence-corrected chi connectivity index (χ3v) is 4.13. The van der Waals surface area contributed by atoms with E-state index in [1.807, 2.05) is 31.2 Å². The second-order valence-electron chi connectivity index (χ2n) is 6.92. The second kappa shape index (κ2) is 11.6. The number of carbonyl (C=O) groups excluding carboxylic acids is 1. The molecule has 2 rings (SSSR count). The number of likely N-dealkylation sites (N-methyl/N-ethyl adjacent to an activating group) is 1. The molecule has 0 saturated heterocycles. The number of hydrogen-bond acceptors (Lipinski definition) is 4. The molecule has 8 heteroatoms. The van der Waals surface area contributed by atoms with Crippen LogP contribution in [0.3, 0.4) is 0 Å². The van der Waals surface area contributed by atoms with Crippen molar-refractivity contribution < 1.29 is 18.7 Å². The summed E-state index contributed by atoms with van der Waals surface area (Å²) in [4.78, 5) is 17.3. The molecule has 1 amide bonds. The molecule has 0 radical (unpaired) electrons. The Hall–Kier alpha value is -3.29. The SMILES string of the molecule is CN=C(NCc1cccc(OCC(=O)N(C)C)c1)NCC(C)Oc1cccc(F)c1. The van der Waals surface area contributed by atoms with Crippen LogP contribution in [0, 0.1) is 5.82 Å². The predicted molar refractivity (Wildman–Crippen MR) is 115 cm³/mol. The van der Waals surface area contributed by atoms with E-state index in [1.165, 1.54) is 17.0 Å². The summed E-state index contributed by atoms with van der Waals surface area (Å²) in [7, 11) is 5.06. The third-order valence-electron chi connectivity index (χ3n) is 4.13. The van der Waals surface area contributed by atoms with E-state index in [4.69, 9.17) is 9.47 Å². The van der Waals surface area contributed by atoms with Crippen molar-refractivity contribution in [2.45, 2.75) is 19.6 Å². The normalized spacial score (nSPS) is 12.1. The van der Waals surface area contributed by atoms with E-state index in [0.29, 0.717) is 30.5 Å². The van der Waals surface area contributed by atoms with Crippen molar-refractivity contribution in [3.05, 3.63) is 59.9 Å². The lowest BCUT2D eigenvalue weighted by Gasteiger charge is -2.18. The van der Waals surface area contributed by atoms with E-state index in [0.717, 1.165) is 5.56 Å². The van der Waals surface area contributed by atoms with Crippen LogP contribution in [0.15, 0.2) is 53.5 Å². The van der Waals surface area contributed by atoms with Gasteiger partial charge in [0.05, 0.1) is 6.54 Å². The van der Waals surface area contributed by atoms with Crippen LogP contribution in [-0.4, -0.2) is 57.2 Å². The first-order chi connectivity index (χ1) is 14.4. The average Bonchev–Trinajstić information content (AvgIpc) is 2.72. The first-order valence-electron chi connectivity index (χ1n) is 9.66. The van der Waals surface area contributed by atoms with Crippen LogP contribution in [0.25, 0.3) is 0 Å². The molecule has 0 saturated carbocycles. The first kappa shape index (κ1) is 23.0. The number of amides is 1. The molecule has 1 atom stereocenters. The summed E-state index contributed by atoms with van der Waals surface area (Å²) in [5.41, 5.74) is 0.983. The zero-order valence-electron chi connectivity index (χ0n) is 17.8. The molecular formula is C22H29FN4O3. The highest BCUT2D eigenvalue weighted by molar-refractivity contribution is 5.79. The van der Waals surface area contributed by atoms with Gasteiger partial charge in [0.2, 0.25) is 0 Å². The zero-order valence-corrected chi connectivity index (χ0v) is 17.8. The first-order valence-corrected chi connectivity index (χ1v) is 9.66. The Morgan fingerprint density at radius 1 is 1.13 bits per heavy atom. The molecule has 0 heterocycles. The van der Waals surface area contributed by atoms with Crippen molar-refractivity contribution in [3.8, 4) is 11.5 Å². The van der Waals surface area contributed by atoms with E-state index in [2.05, 4.69) is 15.6 Å². The van der Waals surface area contributed by atoms with Gasteiger partial charge in [-0.1, -0.05) is 18.2 Å². The van der Waals surface area contributed by atoms with E-state index < -0.39 is 0 Å². The average molecular weight is 416 g/mol. The van der Waals surface area contributed by atoms with Crippen LogP contribution in [0.5, 0.6) is 11.5 Å². The summed E-state index contributed by atoms with van der Waals surface area (Å²) < 4.78 is 24.5. The number of hydrogen-bond donors (Lipinski definition) is 2. The van der Waals surface area contributed by atoms with Gasteiger partial charge in [0.1, 0.15) is 23.4 Å². The third kappa shape index (κ3) is 7.98. The van der Waals surface area contributed by atoms with Gasteiger partial charge in [-0.2, -0.15) is 0 Å². The van der Waals surface area contributed by atoms with Crippen molar-refractivity contribution in [1.82, 2.24) is 15.5 Å². The van der Waals surface area contributed by atoms with Gasteiger partial charge < -0.3 is 25.0 Å². The van der Waals surface area contributed by atoms with Crippen LogP contribution in [0.1, 0.15) is 12.5 Å². The Kier molecular flexibility index (Phi) is 8.93. The molecule has 0 aliphatic heterocycles. The molecular weight excluding hydrogens is 387 g/mol. The van der Waals surface area contributed by atoms with Gasteiger partial charge in [-0.05, 0) is 36.8 Å². The molecule has 30 heavy (non-hydrogen) atoms. The molecule has 0 aromatic heterocycles. The lowest BCUT2D eigenvalue weighted by Crippen LogP contribution is -2.41. The number of guanidine groups is 1. The molecule has 0 bridgehead atoms. The molecule has 0 fully saturated rings. The standard InChI is InChI=1S/C22H29FN4O3/c1-16(30-20-10-6-8-18(23)12-20)13-25-22(24-2)26-14-17-7-5-9-19(11-17)29-15-21(28)27(3)4/h5-12,16H,13-15H2,1-4H3,(H2,24,25,26). The van der Waals surface area contributed by atoms with Crippen molar-refractivity contribution in [2.75, 3.05) is 34.3 Å². The number of nitrogens with zero attached hydrogens (tertiary/aromatic N) is 2. The fourth-order valence-corrected chi connectivity index (χ4v) is 2.48. The monoisotopic (exact) mass is 416 g/mol. The highest BCUT2D eigenvalue weighted by Gasteiger charge is 2.08.